The normalized spacial score (nSPS) is 14.5. The van der Waals surface area contributed by atoms with Gasteiger partial charge >= 0.3 is 0 Å². The maximum atomic E-state index is 12.9. The van der Waals surface area contributed by atoms with Crippen LogP contribution in [0.1, 0.15) is 37.2 Å². The number of amides is 2. The zero-order chi connectivity index (χ0) is 21.8. The first kappa shape index (κ1) is 21.3. The van der Waals surface area contributed by atoms with E-state index in [1.807, 2.05) is 11.9 Å². The number of hydrogen-bond donors (Lipinski definition) is 1. The minimum atomic E-state index is -0.597. The van der Waals surface area contributed by atoms with Crippen molar-refractivity contribution in [3.8, 4) is 5.75 Å². The molecule has 162 valence electrons. The summed E-state index contributed by atoms with van der Waals surface area (Å²) in [4.78, 5) is 45.5. The summed E-state index contributed by atoms with van der Waals surface area (Å²) in [5, 5.41) is 6.14. The van der Waals surface area contributed by atoms with E-state index in [1.54, 1.807) is 25.8 Å². The maximum absolute atomic E-state index is 12.9. The number of likely N-dealkylation sites (tertiary alicyclic amines) is 1. The van der Waals surface area contributed by atoms with Crippen LogP contribution in [0.2, 0.25) is 0 Å². The van der Waals surface area contributed by atoms with Gasteiger partial charge in [0.05, 0.1) is 12.8 Å². The third-order valence-corrected chi connectivity index (χ3v) is 5.19. The first-order valence-corrected chi connectivity index (χ1v) is 9.76. The van der Waals surface area contributed by atoms with Gasteiger partial charge < -0.3 is 24.4 Å². The highest BCUT2D eigenvalue weighted by atomic mass is 16.5. The number of nitrogens with one attached hydrogen (secondary N) is 1. The van der Waals surface area contributed by atoms with Gasteiger partial charge in [0.15, 0.2) is 5.69 Å². The number of piperidine rings is 1. The van der Waals surface area contributed by atoms with E-state index in [0.29, 0.717) is 24.7 Å². The fourth-order valence-corrected chi connectivity index (χ4v) is 3.50. The summed E-state index contributed by atoms with van der Waals surface area (Å²) in [6.45, 7) is 4.77. The standard InChI is InChI=1S/C19H26N6O5/c1-5-29-16-15(17(27)21-13-10-20-30-11-13)22-19(24(4)18(16)28)23(3)14-6-8-25(9-7-14)12(2)26/h10-11,14H,5-9H2,1-4H3,(H,21,27). The van der Waals surface area contributed by atoms with Crippen LogP contribution in [0.3, 0.4) is 0 Å². The van der Waals surface area contributed by atoms with Gasteiger partial charge in [-0.1, -0.05) is 5.16 Å². The molecule has 1 fully saturated rings. The van der Waals surface area contributed by atoms with Gasteiger partial charge in [0.25, 0.3) is 11.5 Å². The molecule has 0 radical (unpaired) electrons. The zero-order valence-corrected chi connectivity index (χ0v) is 17.5. The summed E-state index contributed by atoms with van der Waals surface area (Å²) in [7, 11) is 3.42. The minimum Gasteiger partial charge on any atom is -0.486 e. The highest BCUT2D eigenvalue weighted by Gasteiger charge is 2.29. The summed E-state index contributed by atoms with van der Waals surface area (Å²) >= 11 is 0. The summed E-state index contributed by atoms with van der Waals surface area (Å²) < 4.78 is 11.5. The lowest BCUT2D eigenvalue weighted by molar-refractivity contribution is -0.129. The lowest BCUT2D eigenvalue weighted by Gasteiger charge is -2.37. The molecule has 0 unspecified atom stereocenters. The lowest BCUT2D eigenvalue weighted by atomic mass is 10.0. The van der Waals surface area contributed by atoms with E-state index >= 15 is 0 Å². The van der Waals surface area contributed by atoms with Crippen molar-refractivity contribution in [1.29, 1.82) is 0 Å². The van der Waals surface area contributed by atoms with Crippen molar-refractivity contribution < 1.29 is 18.8 Å². The highest BCUT2D eigenvalue weighted by molar-refractivity contribution is 6.04. The van der Waals surface area contributed by atoms with Crippen LogP contribution < -0.4 is 20.5 Å². The number of carbonyl (C=O) groups is 2. The number of anilines is 2. The van der Waals surface area contributed by atoms with Crippen LogP contribution in [0.25, 0.3) is 0 Å². The van der Waals surface area contributed by atoms with E-state index in [2.05, 4.69) is 15.5 Å². The molecular formula is C19H26N6O5. The van der Waals surface area contributed by atoms with Crippen LogP contribution in [-0.2, 0) is 11.8 Å². The highest BCUT2D eigenvalue weighted by Crippen LogP contribution is 2.23. The molecule has 1 aliphatic rings. The zero-order valence-electron chi connectivity index (χ0n) is 17.5. The van der Waals surface area contributed by atoms with Gasteiger partial charge in [-0.3, -0.25) is 19.0 Å². The van der Waals surface area contributed by atoms with Crippen molar-refractivity contribution in [1.82, 2.24) is 19.6 Å². The van der Waals surface area contributed by atoms with Gasteiger partial charge in [0, 0.05) is 40.2 Å². The van der Waals surface area contributed by atoms with E-state index in [-0.39, 0.29) is 30.0 Å². The number of hydrogen-bond acceptors (Lipinski definition) is 8. The van der Waals surface area contributed by atoms with Crippen LogP contribution >= 0.6 is 0 Å². The van der Waals surface area contributed by atoms with E-state index in [1.165, 1.54) is 17.0 Å². The molecular weight excluding hydrogens is 392 g/mol. The van der Waals surface area contributed by atoms with Crippen molar-refractivity contribution >= 4 is 23.5 Å². The van der Waals surface area contributed by atoms with Crippen LogP contribution in [-0.4, -0.2) is 64.2 Å². The van der Waals surface area contributed by atoms with Gasteiger partial charge in [0.1, 0.15) is 12.0 Å². The van der Waals surface area contributed by atoms with E-state index in [4.69, 9.17) is 9.26 Å². The number of ether oxygens (including phenoxy) is 1. The Morgan fingerprint density at radius 1 is 1.37 bits per heavy atom. The molecule has 11 heteroatoms. The van der Waals surface area contributed by atoms with Gasteiger partial charge in [-0.2, -0.15) is 0 Å². The molecule has 2 aromatic rings. The molecule has 0 saturated carbocycles. The number of nitrogens with zero attached hydrogens (tertiary/aromatic N) is 5. The number of rotatable bonds is 6. The largest absolute Gasteiger partial charge is 0.486 e. The van der Waals surface area contributed by atoms with Gasteiger partial charge in [-0.25, -0.2) is 4.98 Å². The molecule has 0 atom stereocenters. The molecule has 0 aromatic carbocycles. The molecule has 11 nitrogen and oxygen atoms in total. The SMILES string of the molecule is CCOc1c(C(=O)Nc2cnoc2)nc(N(C)C2CCN(C(C)=O)CC2)n(C)c1=O. The second-order valence-corrected chi connectivity index (χ2v) is 7.10. The van der Waals surface area contributed by atoms with E-state index in [0.717, 1.165) is 12.8 Å². The van der Waals surface area contributed by atoms with Crippen molar-refractivity contribution in [2.45, 2.75) is 32.7 Å². The molecule has 3 rings (SSSR count). The number of aromatic nitrogens is 3. The monoisotopic (exact) mass is 418 g/mol. The smallest absolute Gasteiger partial charge is 0.297 e. The molecule has 2 amide bonds. The quantitative estimate of drug-likeness (QED) is 0.733. The fourth-order valence-electron chi connectivity index (χ4n) is 3.50. The average molecular weight is 418 g/mol. The summed E-state index contributed by atoms with van der Waals surface area (Å²) in [6.07, 6.45) is 4.09. The summed E-state index contributed by atoms with van der Waals surface area (Å²) in [6, 6.07) is 0.0747. The van der Waals surface area contributed by atoms with Gasteiger partial charge in [0.2, 0.25) is 17.6 Å². The first-order chi connectivity index (χ1) is 14.3. The Balaban J connectivity index is 1.92. The predicted molar refractivity (Wildman–Crippen MR) is 109 cm³/mol. The predicted octanol–water partition coefficient (Wildman–Crippen LogP) is 0.866. The van der Waals surface area contributed by atoms with Crippen molar-refractivity contribution in [2.24, 2.45) is 7.05 Å². The topological polar surface area (TPSA) is 123 Å². The van der Waals surface area contributed by atoms with Crippen LogP contribution in [0.15, 0.2) is 21.8 Å². The Labute approximate surface area is 173 Å². The van der Waals surface area contributed by atoms with Crippen molar-refractivity contribution in [3.05, 3.63) is 28.5 Å². The van der Waals surface area contributed by atoms with Crippen molar-refractivity contribution in [2.75, 3.05) is 37.0 Å². The number of carbonyl (C=O) groups excluding carboxylic acids is 2. The molecule has 2 aromatic heterocycles. The molecule has 1 saturated heterocycles. The van der Waals surface area contributed by atoms with Gasteiger partial charge in [-0.05, 0) is 19.8 Å². The molecule has 0 bridgehead atoms. The molecule has 1 N–H and O–H groups in total. The van der Waals surface area contributed by atoms with Crippen LogP contribution in [0, 0.1) is 0 Å². The van der Waals surface area contributed by atoms with E-state index in [9.17, 15) is 14.4 Å². The third kappa shape index (κ3) is 4.29. The Bertz CT molecular complexity index is 963. The molecule has 1 aliphatic heterocycles. The lowest BCUT2D eigenvalue weighted by Crippen LogP contribution is -2.46. The van der Waals surface area contributed by atoms with Crippen molar-refractivity contribution in [3.63, 3.8) is 0 Å². The molecule has 3 heterocycles. The first-order valence-electron chi connectivity index (χ1n) is 9.76. The average Bonchev–Trinajstić information content (AvgIpc) is 3.24. The Morgan fingerprint density at radius 3 is 2.63 bits per heavy atom. The summed E-state index contributed by atoms with van der Waals surface area (Å²) in [5.41, 5.74) is -0.217. The Kier molecular flexibility index (Phi) is 6.38. The maximum Gasteiger partial charge on any atom is 0.297 e. The Morgan fingerprint density at radius 2 is 2.07 bits per heavy atom. The fraction of sp³-hybridized carbons (Fsp3) is 0.526. The second-order valence-electron chi connectivity index (χ2n) is 7.10. The molecule has 30 heavy (non-hydrogen) atoms. The van der Waals surface area contributed by atoms with E-state index < -0.39 is 11.5 Å². The van der Waals surface area contributed by atoms with Crippen LogP contribution in [0.4, 0.5) is 11.6 Å². The Hall–Kier alpha value is -3.37. The minimum absolute atomic E-state index is 0.0513. The van der Waals surface area contributed by atoms with Crippen LogP contribution in [0.5, 0.6) is 5.75 Å². The molecule has 0 aliphatic carbocycles. The van der Waals surface area contributed by atoms with Gasteiger partial charge in [-0.15, -0.1) is 0 Å². The third-order valence-electron chi connectivity index (χ3n) is 5.19. The summed E-state index contributed by atoms with van der Waals surface area (Å²) in [5.74, 6) is -0.312. The second kappa shape index (κ2) is 8.97. The molecule has 0 spiro atoms.